The number of hydrogen-bond donors (Lipinski definition) is 0. The average Bonchev–Trinajstić information content (AvgIpc) is 3.00. The molecule has 0 N–H and O–H groups in total. The normalized spacial score (nSPS) is 15.0. The molecule has 136 valence electrons. The summed E-state index contributed by atoms with van der Waals surface area (Å²) in [7, 11) is -1.63. The predicted molar refractivity (Wildman–Crippen MR) is 120 cm³/mol. The molecule has 0 aliphatic rings. The van der Waals surface area contributed by atoms with E-state index in [1.165, 1.54) is 27.3 Å². The standard InChI is InChI=1S/C19H32INOSSi/c1-7-17(20)11-12-19(22-24(8-2,9-3)10-4)15(5)13-18-14-23-16(6)21-18/h11,13-14,19H,7-10,12H2,1-6H3/b15-13+,17-11-/t19-/m0/s1. The Morgan fingerprint density at radius 1 is 1.29 bits per heavy atom. The topological polar surface area (TPSA) is 22.1 Å². The van der Waals surface area contributed by atoms with E-state index < -0.39 is 8.32 Å². The van der Waals surface area contributed by atoms with Gasteiger partial charge in [-0.3, -0.25) is 0 Å². The molecule has 0 spiro atoms. The van der Waals surface area contributed by atoms with Crippen molar-refractivity contribution in [3.05, 3.63) is 31.3 Å². The van der Waals surface area contributed by atoms with Crippen LogP contribution in [0.15, 0.2) is 20.6 Å². The lowest BCUT2D eigenvalue weighted by molar-refractivity contribution is 0.225. The second-order valence-electron chi connectivity index (χ2n) is 6.27. The molecule has 1 rings (SSSR count). The lowest BCUT2D eigenvalue weighted by Crippen LogP contribution is -2.40. The van der Waals surface area contributed by atoms with Gasteiger partial charge in [0.25, 0.3) is 0 Å². The average molecular weight is 478 g/mol. The molecule has 0 bridgehead atoms. The summed E-state index contributed by atoms with van der Waals surface area (Å²) in [5, 5.41) is 3.25. The van der Waals surface area contributed by atoms with Gasteiger partial charge in [-0.1, -0.05) is 33.8 Å². The maximum Gasteiger partial charge on any atom is 0.192 e. The molecule has 1 atom stereocenters. The van der Waals surface area contributed by atoms with Gasteiger partial charge in [0.2, 0.25) is 0 Å². The third-order valence-electron chi connectivity index (χ3n) is 4.74. The lowest BCUT2D eigenvalue weighted by Gasteiger charge is -2.33. The van der Waals surface area contributed by atoms with Gasteiger partial charge >= 0.3 is 0 Å². The summed E-state index contributed by atoms with van der Waals surface area (Å²) >= 11 is 4.15. The van der Waals surface area contributed by atoms with Crippen molar-refractivity contribution in [3.8, 4) is 0 Å². The van der Waals surface area contributed by atoms with Crippen LogP contribution in [-0.4, -0.2) is 19.4 Å². The summed E-state index contributed by atoms with van der Waals surface area (Å²) < 4.78 is 8.23. The number of allylic oxidation sites excluding steroid dienone is 1. The van der Waals surface area contributed by atoms with E-state index >= 15 is 0 Å². The Bertz CT molecular complexity index is 555. The van der Waals surface area contributed by atoms with Crippen molar-refractivity contribution in [3.63, 3.8) is 0 Å². The maximum atomic E-state index is 6.82. The summed E-state index contributed by atoms with van der Waals surface area (Å²) in [5.41, 5.74) is 2.36. The van der Waals surface area contributed by atoms with E-state index in [4.69, 9.17) is 4.43 Å². The summed E-state index contributed by atoms with van der Waals surface area (Å²) in [6, 6.07) is 3.57. The van der Waals surface area contributed by atoms with Crippen molar-refractivity contribution in [1.82, 2.24) is 4.98 Å². The number of nitrogens with zero attached hydrogens (tertiary/aromatic N) is 1. The number of aryl methyl sites for hydroxylation is 1. The van der Waals surface area contributed by atoms with Gasteiger partial charge in [-0.15, -0.1) is 11.3 Å². The molecule has 0 saturated carbocycles. The van der Waals surface area contributed by atoms with Crippen LogP contribution in [0.2, 0.25) is 18.1 Å². The van der Waals surface area contributed by atoms with Gasteiger partial charge < -0.3 is 4.43 Å². The zero-order chi connectivity index (χ0) is 18.2. The SMILES string of the molecule is CC/C(I)=C/C[C@H](O[Si](CC)(CC)CC)/C(C)=C/c1csc(C)n1. The maximum absolute atomic E-state index is 6.82. The van der Waals surface area contributed by atoms with Gasteiger partial charge in [0.15, 0.2) is 8.32 Å². The monoisotopic (exact) mass is 477 g/mol. The summed E-state index contributed by atoms with van der Waals surface area (Å²) in [4.78, 5) is 4.58. The fourth-order valence-corrected chi connectivity index (χ4v) is 6.49. The van der Waals surface area contributed by atoms with Crippen molar-refractivity contribution < 1.29 is 4.43 Å². The van der Waals surface area contributed by atoms with Crippen molar-refractivity contribution in [2.24, 2.45) is 0 Å². The van der Waals surface area contributed by atoms with E-state index in [-0.39, 0.29) is 6.10 Å². The van der Waals surface area contributed by atoms with Crippen molar-refractivity contribution in [1.29, 1.82) is 0 Å². The number of halogens is 1. The van der Waals surface area contributed by atoms with E-state index in [0.29, 0.717) is 0 Å². The molecule has 1 aromatic rings. The number of aromatic nitrogens is 1. The molecule has 0 saturated heterocycles. The van der Waals surface area contributed by atoms with Crippen LogP contribution in [0.1, 0.15) is 58.2 Å². The zero-order valence-corrected chi connectivity index (χ0v) is 20.0. The Balaban J connectivity index is 3.05. The minimum Gasteiger partial charge on any atom is -0.410 e. The highest BCUT2D eigenvalue weighted by Crippen LogP contribution is 2.28. The van der Waals surface area contributed by atoms with Gasteiger partial charge in [-0.25, -0.2) is 4.98 Å². The molecule has 1 aromatic heterocycles. The molecule has 0 amide bonds. The Morgan fingerprint density at radius 2 is 1.92 bits per heavy atom. The molecule has 2 nitrogen and oxygen atoms in total. The lowest BCUT2D eigenvalue weighted by atomic mass is 10.1. The first-order chi connectivity index (χ1) is 11.4. The number of hydrogen-bond acceptors (Lipinski definition) is 3. The molecule has 24 heavy (non-hydrogen) atoms. The Hall–Kier alpha value is 0.0169. The van der Waals surface area contributed by atoms with Crippen LogP contribution in [0.5, 0.6) is 0 Å². The van der Waals surface area contributed by atoms with Crippen LogP contribution in [0, 0.1) is 6.92 Å². The first kappa shape index (κ1) is 22.1. The second-order valence-corrected chi connectivity index (χ2v) is 13.4. The largest absolute Gasteiger partial charge is 0.410 e. The molecular weight excluding hydrogens is 445 g/mol. The first-order valence-corrected chi connectivity index (χ1v) is 13.5. The Labute approximate surface area is 167 Å². The highest BCUT2D eigenvalue weighted by molar-refractivity contribution is 14.1. The number of thiazole rings is 1. The third kappa shape index (κ3) is 6.73. The quantitative estimate of drug-likeness (QED) is 0.259. The molecule has 1 heterocycles. The van der Waals surface area contributed by atoms with Crippen molar-refractivity contribution in [2.45, 2.75) is 78.6 Å². The molecule has 0 aliphatic carbocycles. The van der Waals surface area contributed by atoms with Gasteiger partial charge in [-0.2, -0.15) is 0 Å². The third-order valence-corrected chi connectivity index (χ3v) is 11.4. The zero-order valence-electron chi connectivity index (χ0n) is 16.0. The van der Waals surface area contributed by atoms with Gasteiger partial charge in [0.05, 0.1) is 16.8 Å². The van der Waals surface area contributed by atoms with Crippen LogP contribution in [0.25, 0.3) is 6.08 Å². The van der Waals surface area contributed by atoms with E-state index in [9.17, 15) is 0 Å². The van der Waals surface area contributed by atoms with E-state index in [1.54, 1.807) is 11.3 Å². The fourth-order valence-electron chi connectivity index (χ4n) is 2.78. The van der Waals surface area contributed by atoms with Crippen LogP contribution in [0.4, 0.5) is 0 Å². The predicted octanol–water partition coefficient (Wildman–Crippen LogP) is 7.36. The number of rotatable bonds is 10. The first-order valence-electron chi connectivity index (χ1n) is 9.02. The molecule has 0 fully saturated rings. The van der Waals surface area contributed by atoms with E-state index in [0.717, 1.165) is 23.5 Å². The van der Waals surface area contributed by atoms with Crippen molar-refractivity contribution in [2.75, 3.05) is 0 Å². The van der Waals surface area contributed by atoms with Crippen molar-refractivity contribution >= 4 is 48.3 Å². The fraction of sp³-hybridized carbons (Fsp3) is 0.632. The smallest absolute Gasteiger partial charge is 0.192 e. The van der Waals surface area contributed by atoms with Crippen LogP contribution in [-0.2, 0) is 4.43 Å². The van der Waals surface area contributed by atoms with Crippen LogP contribution in [0.3, 0.4) is 0 Å². The van der Waals surface area contributed by atoms with Crippen LogP contribution < -0.4 is 0 Å². The highest BCUT2D eigenvalue weighted by atomic mass is 127. The molecule has 0 unspecified atom stereocenters. The molecular formula is C19H32INOSSi. The summed E-state index contributed by atoms with van der Waals surface area (Å²) in [5.74, 6) is 0. The van der Waals surface area contributed by atoms with Gasteiger partial charge in [0.1, 0.15) is 0 Å². The second kappa shape index (κ2) is 10.9. The highest BCUT2D eigenvalue weighted by Gasteiger charge is 2.32. The van der Waals surface area contributed by atoms with E-state index in [2.05, 4.69) is 86.6 Å². The summed E-state index contributed by atoms with van der Waals surface area (Å²) in [6.07, 6.45) is 6.79. The molecule has 0 aliphatic heterocycles. The Morgan fingerprint density at radius 3 is 2.38 bits per heavy atom. The summed E-state index contributed by atoms with van der Waals surface area (Å²) in [6.45, 7) is 13.4. The van der Waals surface area contributed by atoms with Gasteiger partial charge in [-0.05, 0) is 82.6 Å². The molecule has 0 aromatic carbocycles. The van der Waals surface area contributed by atoms with Crippen LogP contribution >= 0.6 is 33.9 Å². The minimum absolute atomic E-state index is 0.176. The van der Waals surface area contributed by atoms with Gasteiger partial charge in [0, 0.05) is 5.38 Å². The van der Waals surface area contributed by atoms with E-state index in [1.807, 2.05) is 0 Å². The molecule has 5 heteroatoms. The minimum atomic E-state index is -1.63. The Kier molecular flexibility index (Phi) is 10.0. The molecule has 0 radical (unpaired) electrons.